The molecule has 0 aromatic carbocycles. The van der Waals surface area contributed by atoms with Gasteiger partial charge in [-0.1, -0.05) is 27.7 Å². The highest BCUT2D eigenvalue weighted by atomic mass is 16.3. The van der Waals surface area contributed by atoms with E-state index < -0.39 is 5.60 Å². The summed E-state index contributed by atoms with van der Waals surface area (Å²) in [5, 5.41) is 10.3. The fraction of sp³-hybridized carbons (Fsp3) is 1.00. The monoisotopic (exact) mass is 171 g/mol. The Bertz CT molecular complexity index is 179. The van der Waals surface area contributed by atoms with E-state index in [9.17, 15) is 5.11 Å². The first-order chi connectivity index (χ1) is 5.35. The molecule has 0 spiro atoms. The smallest absolute Gasteiger partial charge is 0.0741 e. The number of rotatable bonds is 2. The van der Waals surface area contributed by atoms with E-state index in [4.69, 9.17) is 5.73 Å². The van der Waals surface area contributed by atoms with Crippen molar-refractivity contribution in [2.24, 2.45) is 23.0 Å². The minimum absolute atomic E-state index is 0.140. The molecule has 0 saturated heterocycles. The maximum atomic E-state index is 10.3. The highest BCUT2D eigenvalue weighted by Crippen LogP contribution is 2.52. The molecule has 3 N–H and O–H groups in total. The van der Waals surface area contributed by atoms with Crippen LogP contribution >= 0.6 is 0 Å². The lowest BCUT2D eigenvalue weighted by Crippen LogP contribution is -2.62. The van der Waals surface area contributed by atoms with Crippen LogP contribution in [0.3, 0.4) is 0 Å². The minimum atomic E-state index is -0.527. The van der Waals surface area contributed by atoms with Gasteiger partial charge in [-0.25, -0.2) is 0 Å². The summed E-state index contributed by atoms with van der Waals surface area (Å²) >= 11 is 0. The molecular formula is C10H21NO. The van der Waals surface area contributed by atoms with Crippen LogP contribution in [0, 0.1) is 17.3 Å². The fourth-order valence-electron chi connectivity index (χ4n) is 2.23. The Morgan fingerprint density at radius 2 is 2.00 bits per heavy atom. The van der Waals surface area contributed by atoms with Crippen molar-refractivity contribution in [2.75, 3.05) is 6.54 Å². The second kappa shape index (κ2) is 2.71. The van der Waals surface area contributed by atoms with Gasteiger partial charge >= 0.3 is 0 Å². The molecule has 0 heterocycles. The molecule has 0 radical (unpaired) electrons. The molecule has 12 heavy (non-hydrogen) atoms. The lowest BCUT2D eigenvalue weighted by Gasteiger charge is -2.57. The van der Waals surface area contributed by atoms with Gasteiger partial charge in [0.15, 0.2) is 0 Å². The second-order valence-corrected chi connectivity index (χ2v) is 4.98. The summed E-state index contributed by atoms with van der Waals surface area (Å²) in [5.41, 5.74) is 4.98. The zero-order valence-corrected chi connectivity index (χ0v) is 8.59. The zero-order chi connectivity index (χ0) is 9.57. The Morgan fingerprint density at radius 3 is 2.25 bits per heavy atom. The molecule has 1 fully saturated rings. The third-order valence-electron chi connectivity index (χ3n) is 3.92. The maximum Gasteiger partial charge on any atom is 0.0741 e. The van der Waals surface area contributed by atoms with Gasteiger partial charge in [0, 0.05) is 12.0 Å². The third kappa shape index (κ3) is 1.09. The lowest BCUT2D eigenvalue weighted by atomic mass is 9.53. The Balaban J connectivity index is 2.75. The first-order valence-electron chi connectivity index (χ1n) is 4.77. The highest BCUT2D eigenvalue weighted by Gasteiger charge is 2.56. The zero-order valence-electron chi connectivity index (χ0n) is 8.59. The molecule has 0 aromatic heterocycles. The van der Waals surface area contributed by atoms with E-state index in [0.717, 1.165) is 6.42 Å². The molecule has 1 saturated carbocycles. The van der Waals surface area contributed by atoms with Gasteiger partial charge in [-0.05, 0) is 18.3 Å². The van der Waals surface area contributed by atoms with E-state index in [2.05, 4.69) is 27.7 Å². The molecule has 0 amide bonds. The summed E-state index contributed by atoms with van der Waals surface area (Å²) in [6, 6.07) is 0. The first kappa shape index (κ1) is 10.0. The predicted octanol–water partition coefficient (Wildman–Crippen LogP) is 1.38. The molecule has 2 nitrogen and oxygen atoms in total. The predicted molar refractivity (Wildman–Crippen MR) is 50.7 cm³/mol. The average molecular weight is 171 g/mol. The third-order valence-corrected chi connectivity index (χ3v) is 3.92. The van der Waals surface area contributed by atoms with Crippen molar-refractivity contribution in [2.45, 2.75) is 39.7 Å². The molecule has 3 unspecified atom stereocenters. The quantitative estimate of drug-likeness (QED) is 0.659. The van der Waals surface area contributed by atoms with Crippen LogP contribution in [0.1, 0.15) is 34.1 Å². The van der Waals surface area contributed by atoms with Gasteiger partial charge < -0.3 is 10.8 Å². The minimum Gasteiger partial charge on any atom is -0.389 e. The number of hydrogen-bond donors (Lipinski definition) is 2. The lowest BCUT2D eigenvalue weighted by molar-refractivity contribution is -0.193. The van der Waals surface area contributed by atoms with Crippen molar-refractivity contribution >= 4 is 0 Å². The molecule has 1 aliphatic rings. The van der Waals surface area contributed by atoms with E-state index in [-0.39, 0.29) is 5.41 Å². The van der Waals surface area contributed by atoms with E-state index >= 15 is 0 Å². The molecule has 2 heteroatoms. The van der Waals surface area contributed by atoms with Crippen LogP contribution in [0.5, 0.6) is 0 Å². The SMILES string of the molecule is CC1CC(O)(C(C)(C)CN)C1C. The van der Waals surface area contributed by atoms with Gasteiger partial charge in [0.2, 0.25) is 0 Å². The van der Waals surface area contributed by atoms with Crippen molar-refractivity contribution < 1.29 is 5.11 Å². The van der Waals surface area contributed by atoms with Crippen LogP contribution in [0.25, 0.3) is 0 Å². The van der Waals surface area contributed by atoms with E-state index in [1.807, 2.05) is 0 Å². The molecular weight excluding hydrogens is 150 g/mol. The Hall–Kier alpha value is -0.0800. The van der Waals surface area contributed by atoms with Gasteiger partial charge in [0.1, 0.15) is 0 Å². The van der Waals surface area contributed by atoms with Gasteiger partial charge in [-0.3, -0.25) is 0 Å². The van der Waals surface area contributed by atoms with Gasteiger partial charge in [0.25, 0.3) is 0 Å². The van der Waals surface area contributed by atoms with Crippen LogP contribution in [0.15, 0.2) is 0 Å². The van der Waals surface area contributed by atoms with Crippen molar-refractivity contribution in [1.82, 2.24) is 0 Å². The van der Waals surface area contributed by atoms with Gasteiger partial charge in [-0.15, -0.1) is 0 Å². The number of aliphatic hydroxyl groups is 1. The van der Waals surface area contributed by atoms with Crippen molar-refractivity contribution in [3.8, 4) is 0 Å². The van der Waals surface area contributed by atoms with E-state index in [1.165, 1.54) is 0 Å². The van der Waals surface area contributed by atoms with E-state index in [1.54, 1.807) is 0 Å². The van der Waals surface area contributed by atoms with Crippen LogP contribution in [-0.2, 0) is 0 Å². The Labute approximate surface area is 75.2 Å². The Kier molecular flexibility index (Phi) is 2.26. The van der Waals surface area contributed by atoms with Crippen LogP contribution in [0.2, 0.25) is 0 Å². The Morgan fingerprint density at radius 1 is 1.50 bits per heavy atom. The normalized spacial score (nSPS) is 42.5. The molecule has 1 aliphatic carbocycles. The largest absolute Gasteiger partial charge is 0.389 e. The van der Waals surface area contributed by atoms with Crippen LogP contribution in [-0.4, -0.2) is 17.3 Å². The van der Waals surface area contributed by atoms with Gasteiger partial charge in [0.05, 0.1) is 5.60 Å². The summed E-state index contributed by atoms with van der Waals surface area (Å²) in [6.45, 7) is 8.96. The van der Waals surface area contributed by atoms with Gasteiger partial charge in [-0.2, -0.15) is 0 Å². The maximum absolute atomic E-state index is 10.3. The molecule has 3 atom stereocenters. The standard InChI is InChI=1S/C10H21NO/c1-7-5-10(12,8(7)2)9(3,4)6-11/h7-8,12H,5-6,11H2,1-4H3. The molecule has 1 rings (SSSR count). The number of hydrogen-bond acceptors (Lipinski definition) is 2. The molecule has 0 aromatic rings. The van der Waals surface area contributed by atoms with E-state index in [0.29, 0.717) is 18.4 Å². The fourth-order valence-corrected chi connectivity index (χ4v) is 2.23. The van der Waals surface area contributed by atoms with Crippen molar-refractivity contribution in [1.29, 1.82) is 0 Å². The average Bonchev–Trinajstić information content (AvgIpc) is 2.03. The topological polar surface area (TPSA) is 46.2 Å². The molecule has 0 aliphatic heterocycles. The summed E-state index contributed by atoms with van der Waals surface area (Å²) in [6.07, 6.45) is 0.901. The summed E-state index contributed by atoms with van der Waals surface area (Å²) in [7, 11) is 0. The van der Waals surface area contributed by atoms with Crippen LogP contribution in [0.4, 0.5) is 0 Å². The first-order valence-corrected chi connectivity index (χ1v) is 4.77. The summed E-state index contributed by atoms with van der Waals surface area (Å²) in [4.78, 5) is 0. The second-order valence-electron chi connectivity index (χ2n) is 4.98. The summed E-state index contributed by atoms with van der Waals surface area (Å²) < 4.78 is 0. The van der Waals surface area contributed by atoms with Crippen molar-refractivity contribution in [3.05, 3.63) is 0 Å². The molecule has 72 valence electrons. The summed E-state index contributed by atoms with van der Waals surface area (Å²) in [5.74, 6) is 1.02. The number of nitrogens with two attached hydrogens (primary N) is 1. The highest BCUT2D eigenvalue weighted by molar-refractivity contribution is 5.07. The van der Waals surface area contributed by atoms with Crippen LogP contribution < -0.4 is 5.73 Å². The molecule has 0 bridgehead atoms. The van der Waals surface area contributed by atoms with Crippen molar-refractivity contribution in [3.63, 3.8) is 0 Å².